The van der Waals surface area contributed by atoms with Gasteiger partial charge in [0, 0.05) is 12.0 Å². The summed E-state index contributed by atoms with van der Waals surface area (Å²) in [6.45, 7) is 12.1. The number of ether oxygens (including phenoxy) is 5. The van der Waals surface area contributed by atoms with E-state index >= 15 is 0 Å². The summed E-state index contributed by atoms with van der Waals surface area (Å²) in [6.07, 6.45) is -0.922. The normalized spacial score (nSPS) is 26.4. The molecule has 1 saturated heterocycles. The Balaban J connectivity index is 1.56. The lowest BCUT2D eigenvalue weighted by atomic mass is 9.89. The van der Waals surface area contributed by atoms with E-state index in [0.717, 1.165) is 29.4 Å². The maximum absolute atomic E-state index is 12.9. The second-order valence-corrected chi connectivity index (χ2v) is 18.4. The zero-order valence-corrected chi connectivity index (χ0v) is 30.1. The summed E-state index contributed by atoms with van der Waals surface area (Å²) in [5, 5.41) is 11.2. The van der Waals surface area contributed by atoms with Crippen LogP contribution in [0.2, 0.25) is 18.1 Å². The van der Waals surface area contributed by atoms with Gasteiger partial charge < -0.3 is 33.2 Å². The summed E-state index contributed by atoms with van der Waals surface area (Å²) >= 11 is 0. The van der Waals surface area contributed by atoms with E-state index in [1.807, 2.05) is 54.6 Å². The lowest BCUT2D eigenvalue weighted by molar-refractivity contribution is -0.159. The molecule has 1 heterocycles. The van der Waals surface area contributed by atoms with Gasteiger partial charge in [0.25, 0.3) is 0 Å². The first-order valence-electron chi connectivity index (χ1n) is 16.9. The number of aliphatic hydroxyl groups excluding tert-OH is 1. The number of esters is 1. The highest BCUT2D eigenvalue weighted by Gasteiger charge is 2.63. The summed E-state index contributed by atoms with van der Waals surface area (Å²) in [5.41, 5.74) is -1.45. The van der Waals surface area contributed by atoms with Crippen molar-refractivity contribution in [3.05, 3.63) is 71.8 Å². The average molecular weight is 673 g/mol. The molecule has 5 rings (SSSR count). The Morgan fingerprint density at radius 2 is 1.71 bits per heavy atom. The highest BCUT2D eigenvalue weighted by atomic mass is 28.4. The van der Waals surface area contributed by atoms with Gasteiger partial charge in [0.1, 0.15) is 29.8 Å². The van der Waals surface area contributed by atoms with E-state index < -0.39 is 49.4 Å². The van der Waals surface area contributed by atoms with Crippen LogP contribution in [0.3, 0.4) is 0 Å². The molecular formula is C39H48O8Si. The number of epoxide rings is 1. The molecule has 3 aliphatic rings. The van der Waals surface area contributed by atoms with Gasteiger partial charge in [-0.3, -0.25) is 4.79 Å². The number of aliphatic hydroxyl groups is 1. The summed E-state index contributed by atoms with van der Waals surface area (Å²) in [5.74, 6) is 14.4. The van der Waals surface area contributed by atoms with E-state index in [0.29, 0.717) is 11.3 Å². The second-order valence-electron chi connectivity index (χ2n) is 13.7. The van der Waals surface area contributed by atoms with Crippen LogP contribution in [0.15, 0.2) is 66.2 Å². The third-order valence-corrected chi connectivity index (χ3v) is 14.2. The van der Waals surface area contributed by atoms with E-state index in [-0.39, 0.29) is 25.6 Å². The number of hydrogen-bond donors (Lipinski definition) is 1. The molecule has 9 heteroatoms. The van der Waals surface area contributed by atoms with Crippen LogP contribution in [0.25, 0.3) is 0 Å². The van der Waals surface area contributed by atoms with Crippen molar-refractivity contribution < 1.29 is 38.0 Å². The highest BCUT2D eigenvalue weighted by molar-refractivity contribution is 6.73. The van der Waals surface area contributed by atoms with Gasteiger partial charge in [-0.2, -0.15) is 0 Å². The molecule has 2 aromatic rings. The van der Waals surface area contributed by atoms with Crippen molar-refractivity contribution in [2.75, 3.05) is 13.7 Å². The van der Waals surface area contributed by atoms with Crippen molar-refractivity contribution >= 4 is 14.3 Å². The fraction of sp³-hybridized carbons (Fsp3) is 0.513. The monoisotopic (exact) mass is 672 g/mol. The minimum absolute atomic E-state index is 0.0795. The van der Waals surface area contributed by atoms with Crippen molar-refractivity contribution in [1.82, 2.24) is 0 Å². The Bertz CT molecular complexity index is 1580. The zero-order valence-electron chi connectivity index (χ0n) is 29.1. The lowest BCUT2D eigenvalue weighted by Crippen LogP contribution is -2.55. The molecule has 48 heavy (non-hydrogen) atoms. The first kappa shape index (κ1) is 35.7. The van der Waals surface area contributed by atoms with Gasteiger partial charge in [0.2, 0.25) is 0 Å². The second kappa shape index (κ2) is 14.5. The fourth-order valence-corrected chi connectivity index (χ4v) is 9.21. The third-order valence-electron chi connectivity index (χ3n) is 9.53. The van der Waals surface area contributed by atoms with Crippen LogP contribution in [0.1, 0.15) is 53.5 Å². The van der Waals surface area contributed by atoms with Crippen LogP contribution in [0.5, 0.6) is 11.5 Å². The van der Waals surface area contributed by atoms with E-state index in [4.69, 9.17) is 28.1 Å². The number of para-hydroxylation sites is 1. The predicted octanol–water partition coefficient (Wildman–Crippen LogP) is 6.23. The zero-order chi connectivity index (χ0) is 34.6. The van der Waals surface area contributed by atoms with Gasteiger partial charge in [-0.1, -0.05) is 74.8 Å². The number of carbonyl (C=O) groups excluding carboxylic acids is 1. The molecule has 0 amide bonds. The topological polar surface area (TPSA) is 96.0 Å². The number of benzene rings is 2. The van der Waals surface area contributed by atoms with Crippen LogP contribution >= 0.6 is 0 Å². The van der Waals surface area contributed by atoms with Crippen molar-refractivity contribution in [2.45, 2.75) is 108 Å². The van der Waals surface area contributed by atoms with Gasteiger partial charge in [-0.15, -0.1) is 0 Å². The minimum atomic E-state index is -2.28. The molecule has 2 aliphatic carbocycles. The van der Waals surface area contributed by atoms with Crippen LogP contribution < -0.4 is 9.47 Å². The minimum Gasteiger partial charge on any atom is -0.497 e. The molecule has 0 radical (unpaired) electrons. The van der Waals surface area contributed by atoms with Gasteiger partial charge in [0.15, 0.2) is 26.1 Å². The Morgan fingerprint density at radius 3 is 2.33 bits per heavy atom. The van der Waals surface area contributed by atoms with E-state index in [1.54, 1.807) is 34.0 Å². The van der Waals surface area contributed by atoms with Gasteiger partial charge >= 0.3 is 5.97 Å². The molecule has 6 atom stereocenters. The number of carbonyl (C=O) groups is 1. The van der Waals surface area contributed by atoms with Crippen LogP contribution in [0, 0.1) is 29.1 Å². The Hall–Kier alpha value is -3.57. The first-order chi connectivity index (χ1) is 22.9. The van der Waals surface area contributed by atoms with Crippen molar-refractivity contribution in [2.24, 2.45) is 5.41 Å². The van der Waals surface area contributed by atoms with Crippen LogP contribution in [-0.2, 0) is 30.0 Å². The smallest absolute Gasteiger partial charge is 0.311 e. The van der Waals surface area contributed by atoms with Crippen LogP contribution in [0.4, 0.5) is 0 Å². The van der Waals surface area contributed by atoms with Gasteiger partial charge in [-0.25, -0.2) is 0 Å². The molecule has 8 nitrogen and oxygen atoms in total. The molecule has 1 aliphatic heterocycles. The Kier molecular flexibility index (Phi) is 10.8. The largest absolute Gasteiger partial charge is 0.497 e. The lowest BCUT2D eigenvalue weighted by Gasteiger charge is -2.43. The molecule has 0 saturated carbocycles. The number of rotatable bonds is 14. The number of methoxy groups -OCH3 is 1. The summed E-state index contributed by atoms with van der Waals surface area (Å²) in [6, 6.07) is 19.8. The molecule has 256 valence electrons. The number of hydrogen-bond acceptors (Lipinski definition) is 8. The molecule has 1 N–H and O–H groups in total. The van der Waals surface area contributed by atoms with Crippen molar-refractivity contribution in [3.8, 4) is 35.2 Å². The van der Waals surface area contributed by atoms with Gasteiger partial charge in [0.05, 0.1) is 25.2 Å². The van der Waals surface area contributed by atoms with E-state index in [9.17, 15) is 9.90 Å². The molecule has 1 fully saturated rings. The third kappa shape index (κ3) is 7.52. The maximum Gasteiger partial charge on any atom is 0.311 e. The van der Waals surface area contributed by atoms with Crippen LogP contribution in [-0.4, -0.2) is 68.7 Å². The average Bonchev–Trinajstić information content (AvgIpc) is 3.69. The van der Waals surface area contributed by atoms with Gasteiger partial charge in [-0.05, 0) is 74.8 Å². The SMILES string of the molecule is CC[Si](CC)(CC)O[C@]12C[C@H](O)C=C1C#C[C@]1([C@H](COC(=O)C(C)(C)C)OCc3ccc(OC)cc3)O[C@@H]1C#C[C@H]2Oc1ccccc1. The summed E-state index contributed by atoms with van der Waals surface area (Å²) in [4.78, 5) is 12.9. The first-order valence-corrected chi connectivity index (χ1v) is 19.4. The standard InChI is InChI=1S/C39H48O8Si/c1-8-48(9-2,10-3)47-39-25-30(40)24-29(39)22-23-38(34(46-38)21-20-33(39)45-32-14-12-11-13-15-32)35(27-44-36(41)37(4,5)6)43-26-28-16-18-31(42-7)19-17-28/h11-19,24,30,33-35,40H,8-10,25-27H2,1-7H3/t30-,33-,34-,35+,38+,39-/m1/s1. The molecule has 2 aromatic carbocycles. The fourth-order valence-electron chi connectivity index (χ4n) is 6.20. The molecular weight excluding hydrogens is 625 g/mol. The molecule has 0 aromatic heterocycles. The predicted molar refractivity (Wildman–Crippen MR) is 186 cm³/mol. The summed E-state index contributed by atoms with van der Waals surface area (Å²) < 4.78 is 37.8. The molecule has 0 spiro atoms. The van der Waals surface area contributed by atoms with Crippen molar-refractivity contribution in [1.29, 1.82) is 0 Å². The Morgan fingerprint density at radius 1 is 1.02 bits per heavy atom. The molecule has 0 unspecified atom stereocenters. The highest BCUT2D eigenvalue weighted by Crippen LogP contribution is 2.46. The van der Waals surface area contributed by atoms with E-state index in [2.05, 4.69) is 44.5 Å². The molecule has 0 bridgehead atoms. The Labute approximate surface area is 286 Å². The van der Waals surface area contributed by atoms with Crippen molar-refractivity contribution in [3.63, 3.8) is 0 Å². The van der Waals surface area contributed by atoms with E-state index in [1.165, 1.54) is 0 Å². The quantitative estimate of drug-likeness (QED) is 0.109. The maximum atomic E-state index is 12.9. The summed E-state index contributed by atoms with van der Waals surface area (Å²) in [7, 11) is -0.661. The number of fused-ring (bicyclic) bond motifs is 2.